The van der Waals surface area contributed by atoms with Crippen molar-refractivity contribution in [2.24, 2.45) is 0 Å². The first-order valence-corrected chi connectivity index (χ1v) is 6.16. The zero-order valence-electron chi connectivity index (χ0n) is 10.2. The van der Waals surface area contributed by atoms with Gasteiger partial charge < -0.3 is 4.74 Å². The van der Waals surface area contributed by atoms with E-state index in [0.29, 0.717) is 13.2 Å². The molecular formula is C14H18N2O. The Morgan fingerprint density at radius 1 is 1.41 bits per heavy atom. The van der Waals surface area contributed by atoms with Gasteiger partial charge in [-0.3, -0.25) is 4.90 Å². The molecule has 0 bridgehead atoms. The lowest BCUT2D eigenvalue weighted by atomic mass is 10.1. The molecule has 1 aliphatic heterocycles. The standard InChI is InChI=1S/C14H18N2O/c1-2-6-14-16(10-9-15)13(11-17-14)12-7-4-3-5-8-12/h3-5,7-8,13-14H,2,6,10-11H2,1H3/t13-,14+/m0/s1. The van der Waals surface area contributed by atoms with Crippen molar-refractivity contribution in [1.29, 1.82) is 5.26 Å². The lowest BCUT2D eigenvalue weighted by molar-refractivity contribution is 0.0301. The number of hydrogen-bond donors (Lipinski definition) is 0. The molecule has 1 aromatic rings. The van der Waals surface area contributed by atoms with Gasteiger partial charge in [-0.05, 0) is 12.0 Å². The van der Waals surface area contributed by atoms with E-state index in [4.69, 9.17) is 10.00 Å². The van der Waals surface area contributed by atoms with E-state index in [-0.39, 0.29) is 12.3 Å². The summed E-state index contributed by atoms with van der Waals surface area (Å²) in [5, 5.41) is 8.93. The Hall–Kier alpha value is -1.37. The molecule has 0 radical (unpaired) electrons. The molecule has 0 N–H and O–H groups in total. The Labute approximate surface area is 103 Å². The average molecular weight is 230 g/mol. The maximum atomic E-state index is 8.93. The molecule has 0 spiro atoms. The second-order valence-corrected chi connectivity index (χ2v) is 4.33. The number of rotatable bonds is 4. The van der Waals surface area contributed by atoms with Crippen molar-refractivity contribution < 1.29 is 4.74 Å². The van der Waals surface area contributed by atoms with E-state index in [0.717, 1.165) is 12.8 Å². The van der Waals surface area contributed by atoms with Crippen molar-refractivity contribution in [3.63, 3.8) is 0 Å². The van der Waals surface area contributed by atoms with Crippen LogP contribution in [-0.2, 0) is 4.74 Å². The monoisotopic (exact) mass is 230 g/mol. The van der Waals surface area contributed by atoms with Gasteiger partial charge in [0.1, 0.15) is 6.23 Å². The van der Waals surface area contributed by atoms with Crippen molar-refractivity contribution in [2.75, 3.05) is 13.2 Å². The molecule has 17 heavy (non-hydrogen) atoms. The van der Waals surface area contributed by atoms with Gasteiger partial charge in [-0.2, -0.15) is 5.26 Å². The fourth-order valence-corrected chi connectivity index (χ4v) is 2.35. The Bertz CT molecular complexity index is 385. The molecule has 1 saturated heterocycles. The van der Waals surface area contributed by atoms with Crippen molar-refractivity contribution >= 4 is 0 Å². The summed E-state index contributed by atoms with van der Waals surface area (Å²) in [6, 6.07) is 12.8. The summed E-state index contributed by atoms with van der Waals surface area (Å²) in [7, 11) is 0. The minimum Gasteiger partial charge on any atom is -0.361 e. The summed E-state index contributed by atoms with van der Waals surface area (Å²) in [4.78, 5) is 2.17. The van der Waals surface area contributed by atoms with Gasteiger partial charge in [0.15, 0.2) is 0 Å². The van der Waals surface area contributed by atoms with Gasteiger partial charge in [-0.25, -0.2) is 0 Å². The van der Waals surface area contributed by atoms with Crippen LogP contribution in [0, 0.1) is 11.3 Å². The molecule has 0 saturated carbocycles. The van der Waals surface area contributed by atoms with E-state index in [9.17, 15) is 0 Å². The minimum atomic E-state index is 0.102. The van der Waals surface area contributed by atoms with E-state index in [1.807, 2.05) is 18.2 Å². The summed E-state index contributed by atoms with van der Waals surface area (Å²) in [5.41, 5.74) is 1.24. The van der Waals surface area contributed by atoms with Crippen LogP contribution in [0.15, 0.2) is 30.3 Å². The van der Waals surface area contributed by atoms with Crippen molar-refractivity contribution in [1.82, 2.24) is 4.90 Å². The second-order valence-electron chi connectivity index (χ2n) is 4.33. The van der Waals surface area contributed by atoms with Crippen LogP contribution in [0.4, 0.5) is 0 Å². The van der Waals surface area contributed by atoms with Crippen LogP contribution < -0.4 is 0 Å². The highest BCUT2D eigenvalue weighted by molar-refractivity contribution is 5.20. The summed E-state index contributed by atoms with van der Waals surface area (Å²) in [6.07, 6.45) is 2.17. The Morgan fingerprint density at radius 3 is 2.82 bits per heavy atom. The Balaban J connectivity index is 2.15. The molecule has 1 heterocycles. The molecule has 0 aliphatic carbocycles. The average Bonchev–Trinajstić information content (AvgIpc) is 2.75. The number of nitrogens with zero attached hydrogens (tertiary/aromatic N) is 2. The number of benzene rings is 1. The van der Waals surface area contributed by atoms with Crippen LogP contribution in [0.25, 0.3) is 0 Å². The summed E-state index contributed by atoms with van der Waals surface area (Å²) in [6.45, 7) is 3.27. The minimum absolute atomic E-state index is 0.102. The third-order valence-electron chi connectivity index (χ3n) is 3.19. The molecule has 0 unspecified atom stereocenters. The largest absolute Gasteiger partial charge is 0.361 e. The summed E-state index contributed by atoms with van der Waals surface area (Å²) in [5.74, 6) is 0. The van der Waals surface area contributed by atoms with Crippen molar-refractivity contribution in [3.8, 4) is 6.07 Å². The maximum Gasteiger partial charge on any atom is 0.112 e. The van der Waals surface area contributed by atoms with E-state index < -0.39 is 0 Å². The van der Waals surface area contributed by atoms with Crippen molar-refractivity contribution in [3.05, 3.63) is 35.9 Å². The van der Waals surface area contributed by atoms with Crippen molar-refractivity contribution in [2.45, 2.75) is 32.0 Å². The van der Waals surface area contributed by atoms with Gasteiger partial charge in [-0.1, -0.05) is 43.7 Å². The number of hydrogen-bond acceptors (Lipinski definition) is 3. The van der Waals surface area contributed by atoms with Crippen LogP contribution in [-0.4, -0.2) is 24.3 Å². The lowest BCUT2D eigenvalue weighted by Crippen LogP contribution is -2.32. The highest BCUT2D eigenvalue weighted by Gasteiger charge is 2.34. The molecule has 0 aromatic heterocycles. The molecule has 0 amide bonds. The molecular weight excluding hydrogens is 212 g/mol. The Kier molecular flexibility index (Phi) is 4.13. The third kappa shape index (κ3) is 2.66. The van der Waals surface area contributed by atoms with Crippen LogP contribution in [0.2, 0.25) is 0 Å². The molecule has 1 fully saturated rings. The van der Waals surface area contributed by atoms with E-state index in [1.165, 1.54) is 5.56 Å². The predicted octanol–water partition coefficient (Wildman–Crippen LogP) is 2.71. The van der Waals surface area contributed by atoms with Gasteiger partial charge in [0, 0.05) is 0 Å². The highest BCUT2D eigenvalue weighted by Crippen LogP contribution is 2.31. The van der Waals surface area contributed by atoms with E-state index in [1.54, 1.807) is 0 Å². The van der Waals surface area contributed by atoms with Gasteiger partial charge in [-0.15, -0.1) is 0 Å². The van der Waals surface area contributed by atoms with Gasteiger partial charge in [0.2, 0.25) is 0 Å². The fourth-order valence-electron chi connectivity index (χ4n) is 2.35. The lowest BCUT2D eigenvalue weighted by Gasteiger charge is -2.25. The molecule has 2 rings (SSSR count). The first-order chi connectivity index (χ1) is 8.36. The van der Waals surface area contributed by atoms with Gasteiger partial charge in [0.05, 0.1) is 25.3 Å². The smallest absolute Gasteiger partial charge is 0.112 e. The van der Waals surface area contributed by atoms with Crippen LogP contribution in [0.3, 0.4) is 0 Å². The second kappa shape index (κ2) is 5.81. The first kappa shape index (κ1) is 12.1. The molecule has 3 nitrogen and oxygen atoms in total. The first-order valence-electron chi connectivity index (χ1n) is 6.16. The van der Waals surface area contributed by atoms with Gasteiger partial charge in [0.25, 0.3) is 0 Å². The molecule has 1 aliphatic rings. The van der Waals surface area contributed by atoms with E-state index in [2.05, 4.69) is 30.0 Å². The summed E-state index contributed by atoms with van der Waals surface area (Å²) < 4.78 is 5.80. The zero-order chi connectivity index (χ0) is 12.1. The van der Waals surface area contributed by atoms with Crippen LogP contribution >= 0.6 is 0 Å². The third-order valence-corrected chi connectivity index (χ3v) is 3.19. The predicted molar refractivity (Wildman–Crippen MR) is 66.2 cm³/mol. The molecule has 2 atom stereocenters. The molecule has 90 valence electrons. The van der Waals surface area contributed by atoms with Crippen LogP contribution in [0.5, 0.6) is 0 Å². The topological polar surface area (TPSA) is 36.3 Å². The van der Waals surface area contributed by atoms with Crippen LogP contribution in [0.1, 0.15) is 31.4 Å². The summed E-state index contributed by atoms with van der Waals surface area (Å²) >= 11 is 0. The number of ether oxygens (including phenoxy) is 1. The zero-order valence-corrected chi connectivity index (χ0v) is 10.2. The van der Waals surface area contributed by atoms with E-state index >= 15 is 0 Å². The number of nitriles is 1. The quantitative estimate of drug-likeness (QED) is 0.746. The SMILES string of the molecule is CCC[C@H]1OC[C@@H](c2ccccc2)N1CC#N. The maximum absolute atomic E-state index is 8.93. The normalized spacial score (nSPS) is 24.7. The fraction of sp³-hybridized carbons (Fsp3) is 0.500. The molecule has 3 heteroatoms. The van der Waals surface area contributed by atoms with Gasteiger partial charge >= 0.3 is 0 Å². The Morgan fingerprint density at radius 2 is 2.18 bits per heavy atom. The molecule has 1 aromatic carbocycles. The highest BCUT2D eigenvalue weighted by atomic mass is 16.5.